The summed E-state index contributed by atoms with van der Waals surface area (Å²) in [6.45, 7) is 6.70. The van der Waals surface area contributed by atoms with Gasteiger partial charge in [-0.2, -0.15) is 0 Å². The van der Waals surface area contributed by atoms with E-state index in [-0.39, 0.29) is 5.91 Å². The third-order valence-corrected chi connectivity index (χ3v) is 4.72. The van der Waals surface area contributed by atoms with Crippen molar-refractivity contribution in [3.05, 3.63) is 53.7 Å². The second-order valence-electron chi connectivity index (χ2n) is 6.35. The van der Waals surface area contributed by atoms with Gasteiger partial charge in [0.2, 0.25) is 0 Å². The number of hydrogen-bond acceptors (Lipinski definition) is 5. The Bertz CT molecular complexity index is 926. The molecule has 2 aromatic heterocycles. The first-order chi connectivity index (χ1) is 12.1. The second-order valence-corrected chi connectivity index (χ2v) is 6.35. The lowest BCUT2D eigenvalue weighted by molar-refractivity contribution is 0.0716. The number of aromatic nitrogens is 2. The van der Waals surface area contributed by atoms with E-state index in [9.17, 15) is 4.79 Å². The average molecular weight is 336 g/mol. The minimum atomic E-state index is -0.0350. The van der Waals surface area contributed by atoms with E-state index in [0.29, 0.717) is 18.8 Å². The standard InChI is InChI=1S/C19H20N4O2/c1-13-11-17(21-12-20-13)22-7-9-23(10-8-22)19(24)18-14(2)15-5-3-4-6-16(15)25-18/h3-6,11-12H,7-10H2,1-2H3. The number of fused-ring (bicyclic) bond motifs is 1. The van der Waals surface area contributed by atoms with Crippen molar-refractivity contribution < 1.29 is 9.21 Å². The first-order valence-corrected chi connectivity index (χ1v) is 8.44. The molecule has 0 radical (unpaired) electrons. The highest BCUT2D eigenvalue weighted by Crippen LogP contribution is 2.26. The van der Waals surface area contributed by atoms with Gasteiger partial charge in [0, 0.05) is 48.9 Å². The van der Waals surface area contributed by atoms with Crippen molar-refractivity contribution in [2.75, 3.05) is 31.1 Å². The van der Waals surface area contributed by atoms with Crippen molar-refractivity contribution in [2.45, 2.75) is 13.8 Å². The summed E-state index contributed by atoms with van der Waals surface area (Å²) in [7, 11) is 0. The number of benzene rings is 1. The monoisotopic (exact) mass is 336 g/mol. The number of nitrogens with zero attached hydrogens (tertiary/aromatic N) is 4. The number of rotatable bonds is 2. The molecule has 6 nitrogen and oxygen atoms in total. The van der Waals surface area contributed by atoms with Crippen molar-refractivity contribution in [2.24, 2.45) is 0 Å². The smallest absolute Gasteiger partial charge is 0.290 e. The highest BCUT2D eigenvalue weighted by atomic mass is 16.3. The number of aryl methyl sites for hydroxylation is 2. The topological polar surface area (TPSA) is 62.5 Å². The van der Waals surface area contributed by atoms with E-state index in [1.54, 1.807) is 6.33 Å². The number of amides is 1. The fourth-order valence-corrected chi connectivity index (χ4v) is 3.27. The number of piperazine rings is 1. The van der Waals surface area contributed by atoms with Crippen molar-refractivity contribution in [1.82, 2.24) is 14.9 Å². The van der Waals surface area contributed by atoms with Crippen LogP contribution in [-0.4, -0.2) is 47.0 Å². The molecule has 1 aliphatic heterocycles. The highest BCUT2D eigenvalue weighted by molar-refractivity contribution is 5.99. The van der Waals surface area contributed by atoms with Gasteiger partial charge < -0.3 is 14.2 Å². The number of para-hydroxylation sites is 1. The largest absolute Gasteiger partial charge is 0.451 e. The van der Waals surface area contributed by atoms with Gasteiger partial charge in [-0.25, -0.2) is 9.97 Å². The fraction of sp³-hybridized carbons (Fsp3) is 0.316. The molecule has 1 fully saturated rings. The van der Waals surface area contributed by atoms with Crippen molar-refractivity contribution in [1.29, 1.82) is 0 Å². The van der Waals surface area contributed by atoms with Crippen LogP contribution in [0.25, 0.3) is 11.0 Å². The maximum absolute atomic E-state index is 12.9. The molecule has 1 saturated heterocycles. The molecule has 3 aromatic rings. The molecule has 0 aliphatic carbocycles. The Labute approximate surface area is 146 Å². The predicted octanol–water partition coefficient (Wildman–Crippen LogP) is 2.80. The van der Waals surface area contributed by atoms with Gasteiger partial charge in [-0.15, -0.1) is 0 Å². The number of hydrogen-bond donors (Lipinski definition) is 0. The lowest BCUT2D eigenvalue weighted by atomic mass is 10.1. The molecular formula is C19H20N4O2. The first-order valence-electron chi connectivity index (χ1n) is 8.44. The van der Waals surface area contributed by atoms with E-state index in [0.717, 1.165) is 41.1 Å². The molecule has 0 N–H and O–H groups in total. The Morgan fingerprint density at radius 2 is 1.84 bits per heavy atom. The lowest BCUT2D eigenvalue weighted by Crippen LogP contribution is -2.49. The molecular weight excluding hydrogens is 316 g/mol. The molecule has 25 heavy (non-hydrogen) atoms. The molecule has 1 aromatic carbocycles. The molecule has 0 bridgehead atoms. The van der Waals surface area contributed by atoms with Crippen LogP contribution in [0.1, 0.15) is 21.8 Å². The van der Waals surface area contributed by atoms with E-state index in [1.165, 1.54) is 0 Å². The molecule has 0 saturated carbocycles. The Balaban J connectivity index is 1.50. The van der Waals surface area contributed by atoms with Crippen LogP contribution in [0.3, 0.4) is 0 Å². The van der Waals surface area contributed by atoms with Gasteiger partial charge in [-0.1, -0.05) is 18.2 Å². The van der Waals surface area contributed by atoms with Gasteiger partial charge in [-0.05, 0) is 19.9 Å². The summed E-state index contributed by atoms with van der Waals surface area (Å²) in [6.07, 6.45) is 1.58. The van der Waals surface area contributed by atoms with Crippen molar-refractivity contribution in [3.63, 3.8) is 0 Å². The van der Waals surface area contributed by atoms with Crippen molar-refractivity contribution >= 4 is 22.7 Å². The zero-order chi connectivity index (χ0) is 17.4. The third kappa shape index (κ3) is 2.84. The van der Waals surface area contributed by atoms with E-state index in [1.807, 2.05) is 49.1 Å². The predicted molar refractivity (Wildman–Crippen MR) is 95.8 cm³/mol. The summed E-state index contributed by atoms with van der Waals surface area (Å²) in [5, 5.41) is 1.00. The highest BCUT2D eigenvalue weighted by Gasteiger charge is 2.27. The average Bonchev–Trinajstić information content (AvgIpc) is 2.98. The zero-order valence-corrected chi connectivity index (χ0v) is 14.4. The summed E-state index contributed by atoms with van der Waals surface area (Å²) >= 11 is 0. The van der Waals surface area contributed by atoms with Gasteiger partial charge in [0.15, 0.2) is 5.76 Å². The molecule has 0 atom stereocenters. The maximum Gasteiger partial charge on any atom is 0.290 e. The number of carbonyl (C=O) groups excluding carboxylic acids is 1. The van der Waals surface area contributed by atoms with Gasteiger partial charge in [-0.3, -0.25) is 4.79 Å². The molecule has 1 aliphatic rings. The second kappa shape index (κ2) is 6.20. The van der Waals surface area contributed by atoms with Crippen LogP contribution < -0.4 is 4.90 Å². The summed E-state index contributed by atoms with van der Waals surface area (Å²) in [5.74, 6) is 1.33. The molecule has 0 unspecified atom stereocenters. The van der Waals surface area contributed by atoms with Gasteiger partial charge in [0.25, 0.3) is 5.91 Å². The minimum Gasteiger partial charge on any atom is -0.451 e. The zero-order valence-electron chi connectivity index (χ0n) is 14.4. The summed E-state index contributed by atoms with van der Waals surface area (Å²) in [4.78, 5) is 25.4. The Kier molecular flexibility index (Phi) is 3.87. The lowest BCUT2D eigenvalue weighted by Gasteiger charge is -2.35. The normalized spacial score (nSPS) is 15.0. The maximum atomic E-state index is 12.9. The summed E-state index contributed by atoms with van der Waals surface area (Å²) in [5.41, 5.74) is 2.62. The molecule has 128 valence electrons. The minimum absolute atomic E-state index is 0.0350. The molecule has 0 spiro atoms. The summed E-state index contributed by atoms with van der Waals surface area (Å²) < 4.78 is 5.82. The molecule has 3 heterocycles. The van der Waals surface area contributed by atoms with E-state index >= 15 is 0 Å². The van der Waals surface area contributed by atoms with Crippen LogP contribution >= 0.6 is 0 Å². The fourth-order valence-electron chi connectivity index (χ4n) is 3.27. The van der Waals surface area contributed by atoms with Crippen LogP contribution in [0.5, 0.6) is 0 Å². The van der Waals surface area contributed by atoms with Crippen LogP contribution in [0.4, 0.5) is 5.82 Å². The van der Waals surface area contributed by atoms with E-state index in [2.05, 4.69) is 14.9 Å². The van der Waals surface area contributed by atoms with Crippen LogP contribution in [0, 0.1) is 13.8 Å². The Morgan fingerprint density at radius 1 is 1.08 bits per heavy atom. The van der Waals surface area contributed by atoms with Crippen LogP contribution in [0.2, 0.25) is 0 Å². The summed E-state index contributed by atoms with van der Waals surface area (Å²) in [6, 6.07) is 9.74. The molecule has 1 amide bonds. The van der Waals surface area contributed by atoms with Crippen molar-refractivity contribution in [3.8, 4) is 0 Å². The SMILES string of the molecule is Cc1cc(N2CCN(C(=O)c3oc4ccccc4c3C)CC2)ncn1. The number of anilines is 1. The van der Waals surface area contributed by atoms with Crippen LogP contribution in [-0.2, 0) is 0 Å². The first kappa shape index (κ1) is 15.6. The van der Waals surface area contributed by atoms with Gasteiger partial charge in [0.05, 0.1) is 0 Å². The number of carbonyl (C=O) groups is 1. The molecule has 4 rings (SSSR count). The van der Waals surface area contributed by atoms with Gasteiger partial charge in [0.1, 0.15) is 17.7 Å². The number of furan rings is 1. The van der Waals surface area contributed by atoms with E-state index < -0.39 is 0 Å². The van der Waals surface area contributed by atoms with Gasteiger partial charge >= 0.3 is 0 Å². The Hall–Kier alpha value is -2.89. The quantitative estimate of drug-likeness (QED) is 0.720. The molecule has 6 heteroatoms. The Morgan fingerprint density at radius 3 is 2.56 bits per heavy atom. The van der Waals surface area contributed by atoms with Crippen LogP contribution in [0.15, 0.2) is 41.1 Å². The third-order valence-electron chi connectivity index (χ3n) is 4.72. The van der Waals surface area contributed by atoms with E-state index in [4.69, 9.17) is 4.42 Å².